The number of halogens is 2. The van der Waals surface area contributed by atoms with Gasteiger partial charge in [-0.15, -0.1) is 0 Å². The highest BCUT2D eigenvalue weighted by atomic mass is 35.5. The fraction of sp³-hybridized carbons (Fsp3) is 0.500. The van der Waals surface area contributed by atoms with Gasteiger partial charge in [-0.2, -0.15) is 5.26 Å². The Kier molecular flexibility index (Phi) is 6.67. The Labute approximate surface area is 141 Å². The lowest BCUT2D eigenvalue weighted by molar-refractivity contribution is -0.122. The highest BCUT2D eigenvalue weighted by molar-refractivity contribution is 6.35. The zero-order valence-corrected chi connectivity index (χ0v) is 14.7. The molecule has 4 nitrogen and oxygen atoms in total. The monoisotopic (exact) mass is 341 g/mol. The van der Waals surface area contributed by atoms with Crippen molar-refractivity contribution >= 4 is 29.1 Å². The van der Waals surface area contributed by atoms with Crippen molar-refractivity contribution in [3.63, 3.8) is 0 Å². The molecule has 1 aromatic rings. The van der Waals surface area contributed by atoms with Crippen LogP contribution in [-0.2, 0) is 4.79 Å². The molecule has 0 bridgehead atoms. The number of benzene rings is 1. The van der Waals surface area contributed by atoms with E-state index in [1.165, 1.54) is 0 Å². The van der Waals surface area contributed by atoms with Crippen LogP contribution < -0.4 is 10.6 Å². The van der Waals surface area contributed by atoms with Crippen LogP contribution in [0.3, 0.4) is 0 Å². The van der Waals surface area contributed by atoms with E-state index in [1.807, 2.05) is 26.8 Å². The van der Waals surface area contributed by atoms with Gasteiger partial charge in [-0.3, -0.25) is 4.79 Å². The molecule has 2 atom stereocenters. The molecule has 0 spiro atoms. The van der Waals surface area contributed by atoms with Gasteiger partial charge in [-0.25, -0.2) is 0 Å². The Morgan fingerprint density at radius 3 is 2.50 bits per heavy atom. The number of carbonyl (C=O) groups is 1. The van der Waals surface area contributed by atoms with Crippen LogP contribution in [0, 0.1) is 17.2 Å². The van der Waals surface area contributed by atoms with Gasteiger partial charge in [-0.1, -0.05) is 43.1 Å². The van der Waals surface area contributed by atoms with Crippen molar-refractivity contribution in [2.24, 2.45) is 5.92 Å². The average Bonchev–Trinajstić information content (AvgIpc) is 2.44. The number of amides is 1. The third-order valence-corrected chi connectivity index (χ3v) is 4.35. The Bertz CT molecular complexity index is 583. The molecule has 1 amide bonds. The molecule has 0 fully saturated rings. The van der Waals surface area contributed by atoms with Crippen molar-refractivity contribution in [1.29, 1.82) is 5.26 Å². The number of hydrogen-bond donors (Lipinski definition) is 2. The van der Waals surface area contributed by atoms with E-state index in [1.54, 1.807) is 19.1 Å². The summed E-state index contributed by atoms with van der Waals surface area (Å²) >= 11 is 12.0. The molecule has 0 radical (unpaired) electrons. The molecule has 0 aliphatic carbocycles. The summed E-state index contributed by atoms with van der Waals surface area (Å²) in [6.07, 6.45) is 0. The predicted molar refractivity (Wildman–Crippen MR) is 89.9 cm³/mol. The minimum atomic E-state index is -0.875. The fourth-order valence-corrected chi connectivity index (χ4v) is 2.42. The van der Waals surface area contributed by atoms with E-state index >= 15 is 0 Å². The molecular weight excluding hydrogens is 321 g/mol. The van der Waals surface area contributed by atoms with Gasteiger partial charge in [0, 0.05) is 16.1 Å². The van der Waals surface area contributed by atoms with E-state index in [4.69, 9.17) is 23.2 Å². The maximum absolute atomic E-state index is 12.0. The Balaban J connectivity index is 2.62. The summed E-state index contributed by atoms with van der Waals surface area (Å²) in [5.41, 5.74) is -0.00863. The third kappa shape index (κ3) is 4.88. The molecule has 0 aliphatic heterocycles. The topological polar surface area (TPSA) is 64.9 Å². The zero-order chi connectivity index (χ0) is 16.9. The number of nitriles is 1. The van der Waals surface area contributed by atoms with Crippen molar-refractivity contribution in [2.75, 3.05) is 6.54 Å². The van der Waals surface area contributed by atoms with Crippen LogP contribution in [0.25, 0.3) is 0 Å². The largest absolute Gasteiger partial charge is 0.337 e. The van der Waals surface area contributed by atoms with Crippen molar-refractivity contribution in [3.8, 4) is 6.07 Å². The first-order valence-electron chi connectivity index (χ1n) is 7.10. The minimum absolute atomic E-state index is 0.0181. The van der Waals surface area contributed by atoms with Crippen LogP contribution in [0.4, 0.5) is 0 Å². The number of rotatable bonds is 6. The van der Waals surface area contributed by atoms with E-state index in [0.29, 0.717) is 10.0 Å². The quantitative estimate of drug-likeness (QED) is 0.828. The normalized spacial score (nSPS) is 15.0. The van der Waals surface area contributed by atoms with Crippen LogP contribution in [0.5, 0.6) is 0 Å². The molecule has 120 valence electrons. The highest BCUT2D eigenvalue weighted by Crippen LogP contribution is 2.25. The minimum Gasteiger partial charge on any atom is -0.337 e. The second-order valence-electron chi connectivity index (χ2n) is 5.79. The van der Waals surface area contributed by atoms with Crippen LogP contribution in [0.1, 0.15) is 39.3 Å². The highest BCUT2D eigenvalue weighted by Gasteiger charge is 2.29. The lowest BCUT2D eigenvalue weighted by Crippen LogP contribution is -2.51. The maximum Gasteiger partial charge on any atom is 0.235 e. The van der Waals surface area contributed by atoms with Gasteiger partial charge in [0.2, 0.25) is 5.91 Å². The molecule has 2 N–H and O–H groups in total. The Hall–Kier alpha value is -1.28. The van der Waals surface area contributed by atoms with Gasteiger partial charge in [0.05, 0.1) is 12.6 Å². The van der Waals surface area contributed by atoms with Crippen LogP contribution >= 0.6 is 23.2 Å². The summed E-state index contributed by atoms with van der Waals surface area (Å²) in [4.78, 5) is 12.0. The van der Waals surface area contributed by atoms with E-state index < -0.39 is 5.54 Å². The summed E-state index contributed by atoms with van der Waals surface area (Å²) in [6, 6.07) is 7.29. The Morgan fingerprint density at radius 2 is 2.00 bits per heavy atom. The molecule has 0 saturated carbocycles. The molecule has 0 heterocycles. The summed E-state index contributed by atoms with van der Waals surface area (Å²) in [7, 11) is 0. The first kappa shape index (κ1) is 18.8. The molecule has 1 aromatic carbocycles. The van der Waals surface area contributed by atoms with Gasteiger partial charge in [-0.05, 0) is 37.5 Å². The first-order valence-corrected chi connectivity index (χ1v) is 7.85. The second-order valence-corrected chi connectivity index (χ2v) is 6.63. The summed E-state index contributed by atoms with van der Waals surface area (Å²) in [5, 5.41) is 16.2. The molecule has 0 saturated heterocycles. The van der Waals surface area contributed by atoms with E-state index in [-0.39, 0.29) is 24.4 Å². The average molecular weight is 342 g/mol. The van der Waals surface area contributed by atoms with Gasteiger partial charge >= 0.3 is 0 Å². The van der Waals surface area contributed by atoms with E-state index in [9.17, 15) is 10.1 Å². The number of nitrogens with one attached hydrogen (secondary N) is 2. The van der Waals surface area contributed by atoms with Crippen LogP contribution in [0.15, 0.2) is 18.2 Å². The van der Waals surface area contributed by atoms with Crippen molar-refractivity contribution in [3.05, 3.63) is 33.8 Å². The zero-order valence-electron chi connectivity index (χ0n) is 13.2. The molecular formula is C16H21Cl2N3O. The maximum atomic E-state index is 12.0. The van der Waals surface area contributed by atoms with Crippen LogP contribution in [-0.4, -0.2) is 18.0 Å². The molecule has 6 heteroatoms. The van der Waals surface area contributed by atoms with Gasteiger partial charge in [0.15, 0.2) is 0 Å². The van der Waals surface area contributed by atoms with E-state index in [0.717, 1.165) is 5.56 Å². The van der Waals surface area contributed by atoms with Crippen molar-refractivity contribution in [2.45, 2.75) is 39.3 Å². The van der Waals surface area contributed by atoms with E-state index in [2.05, 4.69) is 16.7 Å². The van der Waals surface area contributed by atoms with Crippen molar-refractivity contribution in [1.82, 2.24) is 10.6 Å². The van der Waals surface area contributed by atoms with Gasteiger partial charge < -0.3 is 10.6 Å². The molecule has 1 rings (SSSR count). The summed E-state index contributed by atoms with van der Waals surface area (Å²) in [5.74, 6) is -0.209. The summed E-state index contributed by atoms with van der Waals surface area (Å²) < 4.78 is 0. The first-order chi connectivity index (χ1) is 10.2. The second kappa shape index (κ2) is 7.82. The third-order valence-electron chi connectivity index (χ3n) is 3.78. The van der Waals surface area contributed by atoms with Gasteiger partial charge in [0.1, 0.15) is 5.54 Å². The molecule has 0 aromatic heterocycles. The number of hydrogen-bond acceptors (Lipinski definition) is 3. The summed E-state index contributed by atoms with van der Waals surface area (Å²) in [6.45, 7) is 7.52. The standard InChI is InChI=1S/C16H21Cl2N3O/c1-10(2)16(4,9-19)21-15(22)8-20-11(3)13-6-5-12(17)7-14(13)18/h5-7,10-11,20H,8H2,1-4H3,(H,21,22)/t11-,16-/m1/s1. The van der Waals surface area contributed by atoms with Crippen LogP contribution in [0.2, 0.25) is 10.0 Å². The molecule has 0 unspecified atom stereocenters. The lowest BCUT2D eigenvalue weighted by Gasteiger charge is -2.27. The predicted octanol–water partition coefficient (Wildman–Crippen LogP) is 3.70. The van der Waals surface area contributed by atoms with Crippen molar-refractivity contribution < 1.29 is 4.79 Å². The number of carbonyl (C=O) groups excluding carboxylic acids is 1. The molecule has 0 aliphatic rings. The lowest BCUT2D eigenvalue weighted by atomic mass is 9.90. The van der Waals surface area contributed by atoms with Gasteiger partial charge in [0.25, 0.3) is 0 Å². The molecule has 22 heavy (non-hydrogen) atoms. The number of nitrogens with zero attached hydrogens (tertiary/aromatic N) is 1. The SMILES string of the molecule is CC(C)[C@@](C)(C#N)NC(=O)CN[C@H](C)c1ccc(Cl)cc1Cl. The Morgan fingerprint density at radius 1 is 1.36 bits per heavy atom. The fourth-order valence-electron chi connectivity index (χ4n) is 1.84. The smallest absolute Gasteiger partial charge is 0.235 e.